The van der Waals surface area contributed by atoms with Crippen LogP contribution in [-0.4, -0.2) is 40.0 Å². The molecule has 0 atom stereocenters. The lowest BCUT2D eigenvalue weighted by Crippen LogP contribution is -2.50. The number of nitrogens with zero attached hydrogens (tertiary/aromatic N) is 3. The number of carbonyl (C=O) groups is 1. The Bertz CT molecular complexity index is 908. The first-order valence-electron chi connectivity index (χ1n) is 11.4. The second-order valence-electron chi connectivity index (χ2n) is 9.72. The SMILES string of the molecule is COCCCn1c(SCC(=O)C23CC4CC(CC(C4)C2)C3)nnc1-c1ccc(Cl)cc1. The van der Waals surface area contributed by atoms with E-state index in [1.54, 1.807) is 18.9 Å². The molecule has 166 valence electrons. The Morgan fingerprint density at radius 3 is 2.39 bits per heavy atom. The molecule has 4 saturated carbocycles. The molecule has 0 spiro atoms. The molecule has 0 radical (unpaired) electrons. The van der Waals surface area contributed by atoms with E-state index in [1.807, 2.05) is 24.3 Å². The predicted octanol–water partition coefficient (Wildman–Crippen LogP) is 5.51. The second kappa shape index (κ2) is 8.87. The molecule has 4 fully saturated rings. The number of aromatic nitrogens is 3. The maximum Gasteiger partial charge on any atom is 0.191 e. The van der Waals surface area contributed by atoms with Gasteiger partial charge in [-0.1, -0.05) is 23.4 Å². The van der Waals surface area contributed by atoms with Gasteiger partial charge in [-0.05, 0) is 87.0 Å². The number of Topliss-reactive ketones (excluding diaryl/α,β-unsaturated/α-hetero) is 1. The highest BCUT2D eigenvalue weighted by molar-refractivity contribution is 7.99. The molecule has 31 heavy (non-hydrogen) atoms. The van der Waals surface area contributed by atoms with Crippen LogP contribution in [0.2, 0.25) is 5.02 Å². The van der Waals surface area contributed by atoms with Crippen LogP contribution in [0.25, 0.3) is 11.4 Å². The Labute approximate surface area is 193 Å². The summed E-state index contributed by atoms with van der Waals surface area (Å²) in [5, 5.41) is 10.4. The van der Waals surface area contributed by atoms with Crippen LogP contribution in [0.1, 0.15) is 44.9 Å². The number of ether oxygens (including phenoxy) is 1. The van der Waals surface area contributed by atoms with Crippen LogP contribution >= 0.6 is 23.4 Å². The zero-order valence-electron chi connectivity index (χ0n) is 18.1. The minimum Gasteiger partial charge on any atom is -0.385 e. The Morgan fingerprint density at radius 2 is 1.77 bits per heavy atom. The molecule has 0 aliphatic heterocycles. The highest BCUT2D eigenvalue weighted by atomic mass is 35.5. The normalized spacial score (nSPS) is 28.9. The molecule has 4 bridgehead atoms. The van der Waals surface area contributed by atoms with Gasteiger partial charge in [-0.2, -0.15) is 0 Å². The monoisotopic (exact) mass is 459 g/mol. The van der Waals surface area contributed by atoms with Crippen molar-refractivity contribution in [3.63, 3.8) is 0 Å². The molecular formula is C24H30ClN3O2S. The van der Waals surface area contributed by atoms with Crippen molar-refractivity contribution >= 4 is 29.1 Å². The van der Waals surface area contributed by atoms with E-state index in [4.69, 9.17) is 16.3 Å². The number of rotatable bonds is 9. The quantitative estimate of drug-likeness (QED) is 0.365. The zero-order chi connectivity index (χ0) is 21.4. The van der Waals surface area contributed by atoms with Gasteiger partial charge < -0.3 is 9.30 Å². The number of ketones is 1. The summed E-state index contributed by atoms with van der Waals surface area (Å²) in [7, 11) is 1.71. The summed E-state index contributed by atoms with van der Waals surface area (Å²) in [6.45, 7) is 1.43. The molecular weight excluding hydrogens is 430 g/mol. The number of carbonyl (C=O) groups excluding carboxylic acids is 1. The van der Waals surface area contributed by atoms with E-state index in [0.717, 1.165) is 66.5 Å². The Balaban J connectivity index is 1.32. The Kier molecular flexibility index (Phi) is 6.15. The third-order valence-electron chi connectivity index (χ3n) is 7.51. The van der Waals surface area contributed by atoms with Gasteiger partial charge in [-0.15, -0.1) is 10.2 Å². The number of hydrogen-bond acceptors (Lipinski definition) is 5. The first kappa shape index (κ1) is 21.5. The van der Waals surface area contributed by atoms with Crippen LogP contribution in [0.5, 0.6) is 0 Å². The maximum absolute atomic E-state index is 13.4. The Hall–Kier alpha value is -1.37. The van der Waals surface area contributed by atoms with E-state index in [1.165, 1.54) is 19.3 Å². The first-order valence-corrected chi connectivity index (χ1v) is 12.8. The average Bonchev–Trinajstić information content (AvgIpc) is 3.14. The van der Waals surface area contributed by atoms with Gasteiger partial charge in [0.05, 0.1) is 5.75 Å². The highest BCUT2D eigenvalue weighted by Crippen LogP contribution is 2.60. The minimum atomic E-state index is -0.0539. The van der Waals surface area contributed by atoms with Crippen molar-refractivity contribution < 1.29 is 9.53 Å². The van der Waals surface area contributed by atoms with Gasteiger partial charge in [0.1, 0.15) is 5.78 Å². The zero-order valence-corrected chi connectivity index (χ0v) is 19.6. The molecule has 1 heterocycles. The third kappa shape index (κ3) is 4.31. The third-order valence-corrected chi connectivity index (χ3v) is 8.73. The number of halogens is 1. The molecule has 4 aliphatic carbocycles. The fourth-order valence-electron chi connectivity index (χ4n) is 6.51. The standard InChI is InChI=1S/C24H30ClN3O2S/c1-30-8-2-7-28-22(19-3-5-20(25)6-4-19)26-27-23(28)31-15-21(29)24-12-16-9-17(13-24)11-18(10-16)14-24/h3-6,16-18H,2,7-15H2,1H3. The van der Waals surface area contributed by atoms with Crippen LogP contribution in [0.3, 0.4) is 0 Å². The molecule has 7 heteroatoms. The van der Waals surface area contributed by atoms with E-state index in [-0.39, 0.29) is 5.41 Å². The van der Waals surface area contributed by atoms with Crippen molar-refractivity contribution in [2.75, 3.05) is 19.5 Å². The van der Waals surface area contributed by atoms with Crippen molar-refractivity contribution in [3.05, 3.63) is 29.3 Å². The summed E-state index contributed by atoms with van der Waals surface area (Å²) in [5.74, 6) is 4.11. The lowest BCUT2D eigenvalue weighted by Gasteiger charge is -2.56. The molecule has 2 aromatic rings. The molecule has 0 saturated heterocycles. The smallest absolute Gasteiger partial charge is 0.191 e. The van der Waals surface area contributed by atoms with Crippen molar-refractivity contribution in [2.24, 2.45) is 23.2 Å². The molecule has 5 nitrogen and oxygen atoms in total. The number of hydrogen-bond donors (Lipinski definition) is 0. The predicted molar refractivity (Wildman–Crippen MR) is 123 cm³/mol. The van der Waals surface area contributed by atoms with Crippen LogP contribution in [0.15, 0.2) is 29.4 Å². The Morgan fingerprint density at radius 1 is 1.13 bits per heavy atom. The summed E-state index contributed by atoms with van der Waals surface area (Å²) >= 11 is 7.61. The molecule has 0 amide bonds. The summed E-state index contributed by atoms with van der Waals surface area (Å²) in [6, 6.07) is 7.67. The van der Waals surface area contributed by atoms with Crippen LogP contribution < -0.4 is 0 Å². The van der Waals surface area contributed by atoms with Gasteiger partial charge in [-0.25, -0.2) is 0 Å². The van der Waals surface area contributed by atoms with E-state index in [2.05, 4.69) is 14.8 Å². The van der Waals surface area contributed by atoms with Gasteiger partial charge in [0.2, 0.25) is 0 Å². The van der Waals surface area contributed by atoms with E-state index < -0.39 is 0 Å². The van der Waals surface area contributed by atoms with E-state index >= 15 is 0 Å². The van der Waals surface area contributed by atoms with Crippen molar-refractivity contribution in [1.29, 1.82) is 0 Å². The summed E-state index contributed by atoms with van der Waals surface area (Å²) in [4.78, 5) is 13.4. The van der Waals surface area contributed by atoms with Crippen LogP contribution in [0.4, 0.5) is 0 Å². The van der Waals surface area contributed by atoms with Crippen molar-refractivity contribution in [3.8, 4) is 11.4 Å². The summed E-state index contributed by atoms with van der Waals surface area (Å²) < 4.78 is 7.37. The van der Waals surface area contributed by atoms with Crippen molar-refractivity contribution in [2.45, 2.75) is 56.6 Å². The molecule has 6 rings (SSSR count). The molecule has 0 unspecified atom stereocenters. The summed E-state index contributed by atoms with van der Waals surface area (Å²) in [6.07, 6.45) is 8.30. The van der Waals surface area contributed by atoms with Gasteiger partial charge in [-0.3, -0.25) is 4.79 Å². The fraction of sp³-hybridized carbons (Fsp3) is 0.625. The van der Waals surface area contributed by atoms with E-state index in [0.29, 0.717) is 23.2 Å². The number of thioether (sulfide) groups is 1. The second-order valence-corrected chi connectivity index (χ2v) is 11.1. The number of benzene rings is 1. The topological polar surface area (TPSA) is 57.0 Å². The fourth-order valence-corrected chi connectivity index (χ4v) is 7.64. The highest BCUT2D eigenvalue weighted by Gasteiger charge is 2.54. The first-order chi connectivity index (χ1) is 15.1. The molecule has 4 aliphatic rings. The maximum atomic E-state index is 13.4. The lowest BCUT2D eigenvalue weighted by atomic mass is 9.48. The van der Waals surface area contributed by atoms with Gasteiger partial charge >= 0.3 is 0 Å². The van der Waals surface area contributed by atoms with Crippen LogP contribution in [-0.2, 0) is 16.1 Å². The molecule has 1 aromatic carbocycles. The molecule has 1 aromatic heterocycles. The van der Waals surface area contributed by atoms with Crippen LogP contribution in [0, 0.1) is 23.2 Å². The molecule has 0 N–H and O–H groups in total. The van der Waals surface area contributed by atoms with Gasteiger partial charge in [0, 0.05) is 36.3 Å². The van der Waals surface area contributed by atoms with Gasteiger partial charge in [0.15, 0.2) is 11.0 Å². The van der Waals surface area contributed by atoms with Gasteiger partial charge in [0.25, 0.3) is 0 Å². The van der Waals surface area contributed by atoms with E-state index in [9.17, 15) is 4.79 Å². The summed E-state index contributed by atoms with van der Waals surface area (Å²) in [5.41, 5.74) is 0.926. The lowest BCUT2D eigenvalue weighted by molar-refractivity contribution is -0.141. The number of methoxy groups -OCH3 is 1. The van der Waals surface area contributed by atoms with Crippen molar-refractivity contribution in [1.82, 2.24) is 14.8 Å². The largest absolute Gasteiger partial charge is 0.385 e. The minimum absolute atomic E-state index is 0.0539. The average molecular weight is 460 g/mol.